The average molecular weight is 484 g/mol. The van der Waals surface area contributed by atoms with Crippen molar-refractivity contribution in [2.24, 2.45) is 0 Å². The zero-order valence-electron chi connectivity index (χ0n) is 20.9. The van der Waals surface area contributed by atoms with Crippen molar-refractivity contribution in [3.8, 4) is 0 Å². The first-order valence-corrected chi connectivity index (χ1v) is 12.3. The standard InChI is InChI=1S/C29H33N5O2/c1-22-6-12-26(19-27(22)32-28(35)13-9-23-5-3-14-30-20-23)31-29(36)25-10-7-24(8-11-25)21-34-16-4-15-33(2)17-18-34/h3,5-14,19-20H,4,15-18,21H2,1-2H3,(H,31,36)(H,32,35)/b13-9+. The maximum absolute atomic E-state index is 12.8. The lowest BCUT2D eigenvalue weighted by Gasteiger charge is -2.20. The lowest BCUT2D eigenvalue weighted by molar-refractivity contribution is -0.111. The number of aromatic nitrogens is 1. The van der Waals surface area contributed by atoms with E-state index in [0.29, 0.717) is 16.9 Å². The van der Waals surface area contributed by atoms with E-state index in [1.165, 1.54) is 18.1 Å². The highest BCUT2D eigenvalue weighted by atomic mass is 16.2. The van der Waals surface area contributed by atoms with Crippen molar-refractivity contribution in [3.05, 3.63) is 95.3 Å². The normalized spacial score (nSPS) is 14.9. The third-order valence-corrected chi connectivity index (χ3v) is 6.30. The largest absolute Gasteiger partial charge is 0.322 e. The Balaban J connectivity index is 1.34. The molecule has 36 heavy (non-hydrogen) atoms. The molecule has 2 heterocycles. The summed E-state index contributed by atoms with van der Waals surface area (Å²) < 4.78 is 0. The van der Waals surface area contributed by atoms with Gasteiger partial charge >= 0.3 is 0 Å². The number of anilines is 2. The van der Waals surface area contributed by atoms with Crippen LogP contribution >= 0.6 is 0 Å². The average Bonchev–Trinajstić information content (AvgIpc) is 3.09. The molecule has 4 rings (SSSR count). The van der Waals surface area contributed by atoms with Gasteiger partial charge in [0.2, 0.25) is 5.91 Å². The number of hydrogen-bond acceptors (Lipinski definition) is 5. The number of aryl methyl sites for hydroxylation is 1. The third kappa shape index (κ3) is 7.34. The number of nitrogens with zero attached hydrogens (tertiary/aromatic N) is 3. The number of nitrogens with one attached hydrogen (secondary N) is 2. The van der Waals surface area contributed by atoms with Crippen LogP contribution in [0.5, 0.6) is 0 Å². The first-order chi connectivity index (χ1) is 17.5. The maximum atomic E-state index is 12.8. The van der Waals surface area contributed by atoms with Crippen LogP contribution in [0.2, 0.25) is 0 Å². The van der Waals surface area contributed by atoms with Gasteiger partial charge in [-0.2, -0.15) is 0 Å². The number of hydrogen-bond donors (Lipinski definition) is 2. The van der Waals surface area contributed by atoms with Crippen LogP contribution in [0, 0.1) is 6.92 Å². The zero-order valence-corrected chi connectivity index (χ0v) is 20.9. The molecule has 186 valence electrons. The Labute approximate surface area is 212 Å². The highest BCUT2D eigenvalue weighted by Crippen LogP contribution is 2.21. The number of pyridine rings is 1. The molecule has 1 saturated heterocycles. The molecule has 0 saturated carbocycles. The third-order valence-electron chi connectivity index (χ3n) is 6.30. The Morgan fingerprint density at radius 3 is 2.61 bits per heavy atom. The van der Waals surface area contributed by atoms with Crippen molar-refractivity contribution in [2.45, 2.75) is 19.9 Å². The molecule has 0 atom stereocenters. The van der Waals surface area contributed by atoms with Crippen LogP contribution in [-0.2, 0) is 11.3 Å². The summed E-state index contributed by atoms with van der Waals surface area (Å²) in [5.74, 6) is -0.437. The van der Waals surface area contributed by atoms with Crippen molar-refractivity contribution in [1.29, 1.82) is 0 Å². The second kappa shape index (κ2) is 12.2. The van der Waals surface area contributed by atoms with E-state index in [2.05, 4.69) is 32.5 Å². The highest BCUT2D eigenvalue weighted by Gasteiger charge is 2.13. The molecular weight excluding hydrogens is 450 g/mol. The summed E-state index contributed by atoms with van der Waals surface area (Å²) in [6, 6.07) is 17.0. The minimum Gasteiger partial charge on any atom is -0.322 e. The number of carbonyl (C=O) groups excluding carboxylic acids is 2. The van der Waals surface area contributed by atoms with Gasteiger partial charge in [0.15, 0.2) is 0 Å². The van der Waals surface area contributed by atoms with Crippen LogP contribution in [-0.4, -0.2) is 59.8 Å². The minimum absolute atomic E-state index is 0.185. The monoisotopic (exact) mass is 483 g/mol. The highest BCUT2D eigenvalue weighted by molar-refractivity contribution is 6.05. The summed E-state index contributed by atoms with van der Waals surface area (Å²) in [7, 11) is 2.17. The predicted molar refractivity (Wildman–Crippen MR) is 145 cm³/mol. The van der Waals surface area contributed by atoms with E-state index in [1.807, 2.05) is 55.5 Å². The summed E-state index contributed by atoms with van der Waals surface area (Å²) in [5, 5.41) is 5.82. The van der Waals surface area contributed by atoms with Gasteiger partial charge in [0.1, 0.15) is 0 Å². The second-order valence-electron chi connectivity index (χ2n) is 9.22. The molecule has 1 aromatic heterocycles. The Kier molecular flexibility index (Phi) is 8.60. The molecule has 2 aromatic carbocycles. The van der Waals surface area contributed by atoms with Gasteiger partial charge in [0.05, 0.1) is 0 Å². The van der Waals surface area contributed by atoms with E-state index < -0.39 is 0 Å². The van der Waals surface area contributed by atoms with Crippen molar-refractivity contribution in [3.63, 3.8) is 0 Å². The predicted octanol–water partition coefficient (Wildman–Crippen LogP) is 4.43. The van der Waals surface area contributed by atoms with Gasteiger partial charge < -0.3 is 15.5 Å². The molecule has 3 aromatic rings. The lowest BCUT2D eigenvalue weighted by atomic mass is 10.1. The molecule has 7 heteroatoms. The van der Waals surface area contributed by atoms with Crippen LogP contribution in [0.15, 0.2) is 73.1 Å². The second-order valence-corrected chi connectivity index (χ2v) is 9.22. The number of benzene rings is 2. The molecule has 0 bridgehead atoms. The van der Waals surface area contributed by atoms with Gasteiger partial charge in [0, 0.05) is 55.0 Å². The summed E-state index contributed by atoms with van der Waals surface area (Å²) in [4.78, 5) is 34.1. The van der Waals surface area contributed by atoms with E-state index in [1.54, 1.807) is 24.5 Å². The van der Waals surface area contributed by atoms with E-state index in [0.717, 1.165) is 43.9 Å². The fourth-order valence-corrected chi connectivity index (χ4v) is 4.14. The van der Waals surface area contributed by atoms with Crippen molar-refractivity contribution in [1.82, 2.24) is 14.8 Å². The smallest absolute Gasteiger partial charge is 0.255 e. The molecule has 0 unspecified atom stereocenters. The van der Waals surface area contributed by atoms with Crippen LogP contribution in [0.25, 0.3) is 6.08 Å². The van der Waals surface area contributed by atoms with Gasteiger partial charge in [-0.15, -0.1) is 0 Å². The molecule has 0 radical (unpaired) electrons. The molecule has 1 aliphatic rings. The number of rotatable bonds is 7. The van der Waals surface area contributed by atoms with Crippen LogP contribution < -0.4 is 10.6 Å². The molecule has 1 fully saturated rings. The van der Waals surface area contributed by atoms with Gasteiger partial charge in [-0.3, -0.25) is 19.5 Å². The molecular formula is C29H33N5O2. The molecule has 0 aliphatic carbocycles. The quantitative estimate of drug-likeness (QED) is 0.486. The van der Waals surface area contributed by atoms with E-state index in [-0.39, 0.29) is 11.8 Å². The van der Waals surface area contributed by atoms with Gasteiger partial charge in [-0.1, -0.05) is 24.3 Å². The van der Waals surface area contributed by atoms with Gasteiger partial charge in [-0.25, -0.2) is 0 Å². The van der Waals surface area contributed by atoms with E-state index >= 15 is 0 Å². The Morgan fingerprint density at radius 2 is 1.83 bits per heavy atom. The van der Waals surface area contributed by atoms with Crippen molar-refractivity contribution >= 4 is 29.3 Å². The summed E-state index contributed by atoms with van der Waals surface area (Å²) >= 11 is 0. The van der Waals surface area contributed by atoms with E-state index in [9.17, 15) is 9.59 Å². The number of carbonyl (C=O) groups is 2. The molecule has 7 nitrogen and oxygen atoms in total. The topological polar surface area (TPSA) is 77.6 Å². The molecule has 2 N–H and O–H groups in total. The molecule has 2 amide bonds. The van der Waals surface area contributed by atoms with Gasteiger partial charge in [0.25, 0.3) is 5.91 Å². The zero-order chi connectivity index (χ0) is 25.3. The van der Waals surface area contributed by atoms with E-state index in [4.69, 9.17) is 0 Å². The van der Waals surface area contributed by atoms with Crippen LogP contribution in [0.4, 0.5) is 11.4 Å². The van der Waals surface area contributed by atoms with Crippen molar-refractivity contribution < 1.29 is 9.59 Å². The Morgan fingerprint density at radius 1 is 1.00 bits per heavy atom. The van der Waals surface area contributed by atoms with Crippen LogP contribution in [0.3, 0.4) is 0 Å². The fourth-order valence-electron chi connectivity index (χ4n) is 4.14. The summed E-state index contributed by atoms with van der Waals surface area (Å²) in [5.41, 5.74) is 4.81. The minimum atomic E-state index is -0.253. The number of amides is 2. The maximum Gasteiger partial charge on any atom is 0.255 e. The number of likely N-dealkylation sites (N-methyl/N-ethyl adjacent to an activating group) is 1. The SMILES string of the molecule is Cc1ccc(NC(=O)c2ccc(CN3CCCN(C)CC3)cc2)cc1NC(=O)/C=C/c1cccnc1. The molecule has 1 aliphatic heterocycles. The van der Waals surface area contributed by atoms with Gasteiger partial charge in [-0.05, 0) is 86.6 Å². The Bertz CT molecular complexity index is 1210. The lowest BCUT2D eigenvalue weighted by Crippen LogP contribution is -2.28. The summed E-state index contributed by atoms with van der Waals surface area (Å²) in [6.45, 7) is 7.18. The molecule has 0 spiro atoms. The fraction of sp³-hybridized carbons (Fsp3) is 0.276. The first kappa shape index (κ1) is 25.3. The Hall–Kier alpha value is -3.81. The van der Waals surface area contributed by atoms with Crippen molar-refractivity contribution in [2.75, 3.05) is 43.9 Å². The van der Waals surface area contributed by atoms with Crippen LogP contribution in [0.1, 0.15) is 33.5 Å². The first-order valence-electron chi connectivity index (χ1n) is 12.3. The summed E-state index contributed by atoms with van der Waals surface area (Å²) in [6.07, 6.45) is 7.72.